The molecule has 0 heterocycles. The van der Waals surface area contributed by atoms with Crippen molar-refractivity contribution in [1.29, 1.82) is 0 Å². The highest BCUT2D eigenvalue weighted by Gasteiger charge is 2.13. The topological polar surface area (TPSA) is 55.8 Å². The summed E-state index contributed by atoms with van der Waals surface area (Å²) >= 11 is 0. The molecular formula is C42H84O4. The third-order valence-corrected chi connectivity index (χ3v) is 9.68. The molecule has 0 radical (unpaired) electrons. The second kappa shape index (κ2) is 40.6. The number of aliphatic hydroxyl groups is 1. The van der Waals surface area contributed by atoms with E-state index in [4.69, 9.17) is 9.47 Å². The fourth-order valence-corrected chi connectivity index (χ4v) is 6.51. The zero-order chi connectivity index (χ0) is 33.4. The Kier molecular flexibility index (Phi) is 40.0. The van der Waals surface area contributed by atoms with Crippen LogP contribution in [0.4, 0.5) is 0 Å². The van der Waals surface area contributed by atoms with Gasteiger partial charge in [-0.3, -0.25) is 4.79 Å². The van der Waals surface area contributed by atoms with E-state index in [1.54, 1.807) is 0 Å². The molecule has 0 aliphatic carbocycles. The first-order valence-electron chi connectivity index (χ1n) is 21.1. The van der Waals surface area contributed by atoms with Gasteiger partial charge in [-0.15, -0.1) is 0 Å². The average Bonchev–Trinajstić information content (AvgIpc) is 3.06. The van der Waals surface area contributed by atoms with Gasteiger partial charge in [-0.1, -0.05) is 219 Å². The van der Waals surface area contributed by atoms with Crippen molar-refractivity contribution >= 4 is 5.97 Å². The lowest BCUT2D eigenvalue weighted by Crippen LogP contribution is -2.27. The molecule has 0 amide bonds. The van der Waals surface area contributed by atoms with Crippen LogP contribution in [-0.4, -0.2) is 37.0 Å². The maximum atomic E-state index is 12.1. The fourth-order valence-electron chi connectivity index (χ4n) is 6.51. The van der Waals surface area contributed by atoms with Crippen molar-refractivity contribution in [2.45, 2.75) is 245 Å². The van der Waals surface area contributed by atoms with Crippen molar-refractivity contribution in [3.05, 3.63) is 0 Å². The van der Waals surface area contributed by atoms with E-state index in [9.17, 15) is 9.90 Å². The van der Waals surface area contributed by atoms with E-state index in [0.29, 0.717) is 19.6 Å². The van der Waals surface area contributed by atoms with Gasteiger partial charge >= 0.3 is 5.97 Å². The van der Waals surface area contributed by atoms with E-state index >= 15 is 0 Å². The summed E-state index contributed by atoms with van der Waals surface area (Å²) in [5.41, 5.74) is 0. The molecule has 46 heavy (non-hydrogen) atoms. The Bertz CT molecular complexity index is 566. The number of aliphatic hydroxyl groups excluding tert-OH is 1. The maximum Gasteiger partial charge on any atom is 0.306 e. The molecule has 0 aromatic rings. The summed E-state index contributed by atoms with van der Waals surface area (Å²) in [4.78, 5) is 12.1. The standard InChI is InChI=1S/C42H84O4/c1-3-5-7-9-11-13-14-15-16-17-18-19-20-21-22-23-24-25-26-27-28-30-32-34-36-38-45-40-41(39-43)46-42(44)37-35-33-31-29-12-10-8-6-4-2/h41,43H,3-40H2,1-2H3. The smallest absolute Gasteiger partial charge is 0.306 e. The number of rotatable bonds is 40. The van der Waals surface area contributed by atoms with E-state index in [0.717, 1.165) is 19.3 Å². The van der Waals surface area contributed by atoms with Gasteiger partial charge in [0.25, 0.3) is 0 Å². The Morgan fingerprint density at radius 2 is 0.717 bits per heavy atom. The minimum atomic E-state index is -0.523. The maximum absolute atomic E-state index is 12.1. The van der Waals surface area contributed by atoms with E-state index in [1.165, 1.54) is 199 Å². The van der Waals surface area contributed by atoms with E-state index in [2.05, 4.69) is 13.8 Å². The molecule has 0 spiro atoms. The molecule has 276 valence electrons. The lowest BCUT2D eigenvalue weighted by Gasteiger charge is -2.16. The van der Waals surface area contributed by atoms with Gasteiger partial charge in [0, 0.05) is 13.0 Å². The summed E-state index contributed by atoms with van der Waals surface area (Å²) in [6, 6.07) is 0. The molecule has 1 N–H and O–H groups in total. The number of unbranched alkanes of at least 4 members (excludes halogenated alkanes) is 32. The van der Waals surface area contributed by atoms with E-state index in [-0.39, 0.29) is 12.6 Å². The van der Waals surface area contributed by atoms with Gasteiger partial charge in [0.15, 0.2) is 0 Å². The monoisotopic (exact) mass is 653 g/mol. The molecule has 0 rings (SSSR count). The Balaban J connectivity index is 3.28. The van der Waals surface area contributed by atoms with Crippen LogP contribution in [0.15, 0.2) is 0 Å². The van der Waals surface area contributed by atoms with Gasteiger partial charge in [0.05, 0.1) is 13.2 Å². The van der Waals surface area contributed by atoms with Crippen molar-refractivity contribution in [2.75, 3.05) is 19.8 Å². The van der Waals surface area contributed by atoms with Crippen LogP contribution in [0.5, 0.6) is 0 Å². The first-order chi connectivity index (χ1) is 22.7. The first kappa shape index (κ1) is 45.4. The zero-order valence-corrected chi connectivity index (χ0v) is 31.6. The molecule has 1 unspecified atom stereocenters. The first-order valence-corrected chi connectivity index (χ1v) is 21.1. The molecule has 0 aliphatic heterocycles. The van der Waals surface area contributed by atoms with Crippen LogP contribution in [-0.2, 0) is 14.3 Å². The predicted molar refractivity (Wildman–Crippen MR) is 201 cm³/mol. The summed E-state index contributed by atoms with van der Waals surface area (Å²) in [6.07, 6.45) is 46.1. The normalized spacial score (nSPS) is 12.2. The quantitative estimate of drug-likeness (QED) is 0.0528. The van der Waals surface area contributed by atoms with Crippen LogP contribution in [0.1, 0.15) is 239 Å². The van der Waals surface area contributed by atoms with Crippen LogP contribution in [0.3, 0.4) is 0 Å². The van der Waals surface area contributed by atoms with Crippen molar-refractivity contribution in [3.8, 4) is 0 Å². The summed E-state index contributed by atoms with van der Waals surface area (Å²) in [5, 5.41) is 9.54. The largest absolute Gasteiger partial charge is 0.457 e. The molecule has 0 bridgehead atoms. The fraction of sp³-hybridized carbons (Fsp3) is 0.976. The Hall–Kier alpha value is -0.610. The minimum absolute atomic E-state index is 0.164. The summed E-state index contributed by atoms with van der Waals surface area (Å²) in [6.45, 7) is 5.37. The molecule has 0 saturated carbocycles. The molecule has 0 aromatic heterocycles. The van der Waals surface area contributed by atoms with Crippen LogP contribution < -0.4 is 0 Å². The lowest BCUT2D eigenvalue weighted by molar-refractivity contribution is -0.154. The van der Waals surface area contributed by atoms with Gasteiger partial charge in [-0.25, -0.2) is 0 Å². The number of hydrogen-bond acceptors (Lipinski definition) is 4. The lowest BCUT2D eigenvalue weighted by atomic mass is 10.0. The second-order valence-corrected chi connectivity index (χ2v) is 14.4. The van der Waals surface area contributed by atoms with Crippen molar-refractivity contribution < 1.29 is 19.4 Å². The molecule has 4 nitrogen and oxygen atoms in total. The second-order valence-electron chi connectivity index (χ2n) is 14.4. The van der Waals surface area contributed by atoms with Crippen molar-refractivity contribution in [1.82, 2.24) is 0 Å². The summed E-state index contributed by atoms with van der Waals surface area (Å²) in [5.74, 6) is -0.199. The van der Waals surface area contributed by atoms with Gasteiger partial charge in [0.2, 0.25) is 0 Å². The highest BCUT2D eigenvalue weighted by atomic mass is 16.6. The Morgan fingerprint density at radius 3 is 1.02 bits per heavy atom. The molecule has 0 fully saturated rings. The molecule has 0 saturated heterocycles. The predicted octanol–water partition coefficient (Wildman–Crippen LogP) is 13.6. The molecule has 0 aromatic carbocycles. The zero-order valence-electron chi connectivity index (χ0n) is 31.6. The van der Waals surface area contributed by atoms with Crippen LogP contribution >= 0.6 is 0 Å². The van der Waals surface area contributed by atoms with Crippen LogP contribution in [0, 0.1) is 0 Å². The highest BCUT2D eigenvalue weighted by Crippen LogP contribution is 2.16. The van der Waals surface area contributed by atoms with Gasteiger partial charge in [-0.2, -0.15) is 0 Å². The molecule has 1 atom stereocenters. The third-order valence-electron chi connectivity index (χ3n) is 9.68. The molecule has 0 aliphatic rings. The van der Waals surface area contributed by atoms with Gasteiger partial charge < -0.3 is 14.6 Å². The SMILES string of the molecule is CCCCCCCCCCCCCCCCCCCCCCCCCCCOCC(CO)OC(=O)CCCCCCCCCCC. The highest BCUT2D eigenvalue weighted by molar-refractivity contribution is 5.69. The molecule has 4 heteroatoms. The number of hydrogen-bond donors (Lipinski definition) is 1. The van der Waals surface area contributed by atoms with E-state index < -0.39 is 6.10 Å². The number of ether oxygens (including phenoxy) is 2. The molecular weight excluding hydrogens is 568 g/mol. The van der Waals surface area contributed by atoms with Crippen LogP contribution in [0.2, 0.25) is 0 Å². The number of esters is 1. The summed E-state index contributed by atoms with van der Waals surface area (Å²) < 4.78 is 11.1. The Labute approximate surface area is 289 Å². The van der Waals surface area contributed by atoms with Crippen LogP contribution in [0.25, 0.3) is 0 Å². The third kappa shape index (κ3) is 37.8. The van der Waals surface area contributed by atoms with Crippen molar-refractivity contribution in [3.63, 3.8) is 0 Å². The number of carbonyl (C=O) groups excluding carboxylic acids is 1. The van der Waals surface area contributed by atoms with Gasteiger partial charge in [-0.05, 0) is 12.8 Å². The average molecular weight is 653 g/mol. The Morgan fingerprint density at radius 1 is 0.435 bits per heavy atom. The van der Waals surface area contributed by atoms with E-state index in [1.807, 2.05) is 0 Å². The summed E-state index contributed by atoms with van der Waals surface area (Å²) in [7, 11) is 0. The van der Waals surface area contributed by atoms with Gasteiger partial charge in [0.1, 0.15) is 6.10 Å². The number of carbonyl (C=O) groups is 1. The minimum Gasteiger partial charge on any atom is -0.457 e. The van der Waals surface area contributed by atoms with Crippen molar-refractivity contribution in [2.24, 2.45) is 0 Å².